The number of alkyl halides is 3. The maximum atomic E-state index is 12.6. The Labute approximate surface area is 126 Å². The Bertz CT molecular complexity index is 652. The van der Waals surface area contributed by atoms with Crippen molar-refractivity contribution in [3.8, 4) is 5.75 Å². The van der Waals surface area contributed by atoms with Gasteiger partial charge in [-0.1, -0.05) is 24.3 Å². The van der Waals surface area contributed by atoms with Gasteiger partial charge in [-0.15, -0.1) is 0 Å². The number of hydrogen-bond acceptors (Lipinski definition) is 2. The molecule has 0 radical (unpaired) electrons. The molecule has 22 heavy (non-hydrogen) atoms. The monoisotopic (exact) mass is 307 g/mol. The van der Waals surface area contributed by atoms with Gasteiger partial charge in [0.25, 0.3) is 0 Å². The first kappa shape index (κ1) is 14.9. The zero-order valence-corrected chi connectivity index (χ0v) is 12.0. The Hall–Kier alpha value is -2.01. The minimum Gasteiger partial charge on any atom is -0.484 e. The molecule has 0 aliphatic heterocycles. The van der Waals surface area contributed by atoms with E-state index < -0.39 is 11.7 Å². The van der Waals surface area contributed by atoms with Crippen LogP contribution in [-0.2, 0) is 12.6 Å². The Morgan fingerprint density at radius 2 is 1.73 bits per heavy atom. The fourth-order valence-electron chi connectivity index (χ4n) is 2.83. The molecule has 2 aromatic rings. The summed E-state index contributed by atoms with van der Waals surface area (Å²) in [6.45, 7) is 0. The van der Waals surface area contributed by atoms with Crippen molar-refractivity contribution in [2.45, 2.75) is 24.7 Å². The first-order valence-corrected chi connectivity index (χ1v) is 7.08. The van der Waals surface area contributed by atoms with Gasteiger partial charge in [0, 0.05) is 0 Å². The molecular weight excluding hydrogens is 291 g/mol. The Balaban J connectivity index is 1.83. The van der Waals surface area contributed by atoms with Crippen molar-refractivity contribution in [1.29, 1.82) is 0 Å². The normalized spacial score (nSPS) is 20.7. The summed E-state index contributed by atoms with van der Waals surface area (Å²) in [6, 6.07) is 12.9. The Morgan fingerprint density at radius 1 is 1.05 bits per heavy atom. The van der Waals surface area contributed by atoms with Crippen molar-refractivity contribution in [3.63, 3.8) is 0 Å². The van der Waals surface area contributed by atoms with Crippen LogP contribution in [0.4, 0.5) is 13.2 Å². The van der Waals surface area contributed by atoms with E-state index in [9.17, 15) is 13.2 Å². The van der Waals surface area contributed by atoms with Gasteiger partial charge in [-0.25, -0.2) is 0 Å². The highest BCUT2D eigenvalue weighted by Gasteiger charge is 2.33. The fourth-order valence-corrected chi connectivity index (χ4v) is 2.83. The van der Waals surface area contributed by atoms with Gasteiger partial charge in [0.15, 0.2) is 0 Å². The van der Waals surface area contributed by atoms with E-state index in [1.165, 1.54) is 17.7 Å². The van der Waals surface area contributed by atoms with Crippen LogP contribution in [0.1, 0.15) is 22.8 Å². The van der Waals surface area contributed by atoms with Crippen molar-refractivity contribution in [3.05, 3.63) is 65.2 Å². The van der Waals surface area contributed by atoms with E-state index in [4.69, 9.17) is 4.74 Å². The molecule has 2 nitrogen and oxygen atoms in total. The van der Waals surface area contributed by atoms with Crippen molar-refractivity contribution in [1.82, 2.24) is 5.32 Å². The summed E-state index contributed by atoms with van der Waals surface area (Å²) < 4.78 is 43.7. The number of fused-ring (bicyclic) bond motifs is 1. The van der Waals surface area contributed by atoms with E-state index >= 15 is 0 Å². The topological polar surface area (TPSA) is 21.3 Å². The molecule has 1 aliphatic carbocycles. The van der Waals surface area contributed by atoms with E-state index in [1.807, 2.05) is 25.2 Å². The van der Waals surface area contributed by atoms with Crippen molar-refractivity contribution >= 4 is 0 Å². The van der Waals surface area contributed by atoms with Gasteiger partial charge in [0.1, 0.15) is 11.9 Å². The van der Waals surface area contributed by atoms with Crippen molar-refractivity contribution < 1.29 is 17.9 Å². The molecular formula is C17H16F3NO. The van der Waals surface area contributed by atoms with Crippen LogP contribution >= 0.6 is 0 Å². The molecule has 0 aromatic heterocycles. The van der Waals surface area contributed by atoms with Gasteiger partial charge in [-0.2, -0.15) is 13.2 Å². The molecule has 2 atom stereocenters. The van der Waals surface area contributed by atoms with Gasteiger partial charge < -0.3 is 10.1 Å². The maximum Gasteiger partial charge on any atom is 0.416 e. The largest absolute Gasteiger partial charge is 0.484 e. The lowest BCUT2D eigenvalue weighted by Gasteiger charge is -2.22. The molecule has 1 N–H and O–H groups in total. The van der Waals surface area contributed by atoms with Gasteiger partial charge in [0.05, 0.1) is 11.6 Å². The van der Waals surface area contributed by atoms with Gasteiger partial charge in [-0.3, -0.25) is 0 Å². The van der Waals surface area contributed by atoms with E-state index in [0.29, 0.717) is 5.75 Å². The summed E-state index contributed by atoms with van der Waals surface area (Å²) >= 11 is 0. The lowest BCUT2D eigenvalue weighted by Crippen LogP contribution is -2.32. The van der Waals surface area contributed by atoms with Gasteiger partial charge >= 0.3 is 6.18 Å². The smallest absolute Gasteiger partial charge is 0.416 e. The molecule has 0 saturated carbocycles. The van der Waals surface area contributed by atoms with E-state index in [-0.39, 0.29) is 12.1 Å². The molecule has 0 spiro atoms. The summed E-state index contributed by atoms with van der Waals surface area (Å²) in [4.78, 5) is 0. The highest BCUT2D eigenvalue weighted by molar-refractivity contribution is 5.38. The summed E-state index contributed by atoms with van der Waals surface area (Å²) in [6.07, 6.45) is -3.68. The van der Waals surface area contributed by atoms with Crippen LogP contribution in [0, 0.1) is 0 Å². The first-order chi connectivity index (χ1) is 10.5. The van der Waals surface area contributed by atoms with Crippen LogP contribution in [0.3, 0.4) is 0 Å². The van der Waals surface area contributed by atoms with Crippen molar-refractivity contribution in [2.75, 3.05) is 7.05 Å². The minimum absolute atomic E-state index is 0.111. The molecule has 5 heteroatoms. The summed E-state index contributed by atoms with van der Waals surface area (Å²) in [5.74, 6) is 0.440. The SMILES string of the molecule is CNC1Cc2ccccc2C1Oc1ccc(C(F)(F)F)cc1. The Morgan fingerprint density at radius 3 is 2.36 bits per heavy atom. The number of nitrogens with one attached hydrogen (secondary N) is 1. The lowest BCUT2D eigenvalue weighted by atomic mass is 10.1. The third kappa shape index (κ3) is 2.81. The number of benzene rings is 2. The third-order valence-corrected chi connectivity index (χ3v) is 3.98. The van der Waals surface area contributed by atoms with Crippen LogP contribution in [0.15, 0.2) is 48.5 Å². The number of likely N-dealkylation sites (N-methyl/N-ethyl adjacent to an activating group) is 1. The first-order valence-electron chi connectivity index (χ1n) is 7.08. The molecule has 2 aromatic carbocycles. The molecule has 0 bridgehead atoms. The lowest BCUT2D eigenvalue weighted by molar-refractivity contribution is -0.137. The van der Waals surface area contributed by atoms with Crippen molar-refractivity contribution in [2.24, 2.45) is 0 Å². The quantitative estimate of drug-likeness (QED) is 0.926. The maximum absolute atomic E-state index is 12.6. The standard InChI is InChI=1S/C17H16F3NO/c1-21-15-10-11-4-2-3-5-14(11)16(15)22-13-8-6-12(7-9-13)17(18,19)20/h2-9,15-16,21H,10H2,1H3. The highest BCUT2D eigenvalue weighted by atomic mass is 19.4. The average Bonchev–Trinajstić information content (AvgIpc) is 2.85. The highest BCUT2D eigenvalue weighted by Crippen LogP contribution is 2.36. The molecule has 0 amide bonds. The zero-order valence-electron chi connectivity index (χ0n) is 12.0. The zero-order chi connectivity index (χ0) is 15.7. The summed E-state index contributed by atoms with van der Waals surface area (Å²) in [5, 5.41) is 3.21. The van der Waals surface area contributed by atoms with Crippen LogP contribution in [0.2, 0.25) is 0 Å². The molecule has 116 valence electrons. The van der Waals surface area contributed by atoms with Crippen LogP contribution in [0.25, 0.3) is 0 Å². The van der Waals surface area contributed by atoms with Gasteiger partial charge in [-0.05, 0) is 48.9 Å². The van der Waals surface area contributed by atoms with Gasteiger partial charge in [0.2, 0.25) is 0 Å². The molecule has 2 unspecified atom stereocenters. The second-order valence-corrected chi connectivity index (χ2v) is 5.36. The van der Waals surface area contributed by atoms with Crippen LogP contribution < -0.4 is 10.1 Å². The fraction of sp³-hybridized carbons (Fsp3) is 0.294. The second kappa shape index (κ2) is 5.65. The second-order valence-electron chi connectivity index (χ2n) is 5.36. The molecule has 0 fully saturated rings. The van der Waals surface area contributed by atoms with Crippen LogP contribution in [0.5, 0.6) is 5.75 Å². The number of rotatable bonds is 3. The summed E-state index contributed by atoms with van der Waals surface area (Å²) in [5.41, 5.74) is 1.62. The van der Waals surface area contributed by atoms with E-state index in [2.05, 4.69) is 11.4 Å². The van der Waals surface area contributed by atoms with E-state index in [0.717, 1.165) is 24.1 Å². The number of ether oxygens (including phenoxy) is 1. The average molecular weight is 307 g/mol. The van der Waals surface area contributed by atoms with E-state index in [1.54, 1.807) is 0 Å². The molecule has 1 aliphatic rings. The van der Waals surface area contributed by atoms with Crippen LogP contribution in [-0.4, -0.2) is 13.1 Å². The number of halogens is 3. The molecule has 0 saturated heterocycles. The third-order valence-electron chi connectivity index (χ3n) is 3.98. The molecule has 0 heterocycles. The number of hydrogen-bond donors (Lipinski definition) is 1. The minimum atomic E-state index is -4.33. The predicted molar refractivity (Wildman–Crippen MR) is 77.8 cm³/mol. The Kier molecular flexibility index (Phi) is 3.83. The predicted octanol–water partition coefficient (Wildman–Crippen LogP) is 3.97. The molecule has 3 rings (SSSR count). The summed E-state index contributed by atoms with van der Waals surface area (Å²) in [7, 11) is 1.86.